The van der Waals surface area contributed by atoms with Gasteiger partial charge in [0.15, 0.2) is 0 Å². The molecule has 0 unspecified atom stereocenters. The zero-order valence-electron chi connectivity index (χ0n) is 5.30. The molecule has 0 spiro atoms. The van der Waals surface area contributed by atoms with E-state index >= 15 is 0 Å². The zero-order chi connectivity index (χ0) is 7.56. The summed E-state index contributed by atoms with van der Waals surface area (Å²) in [5, 5.41) is 0. The smallest absolute Gasteiger partial charge is 0.251 e. The van der Waals surface area contributed by atoms with Gasteiger partial charge in [0.2, 0.25) is 4.77 Å². The molecule has 1 rings (SSSR count). The summed E-state index contributed by atoms with van der Waals surface area (Å²) in [5.74, 6) is 0. The maximum Gasteiger partial charge on any atom is 0.251 e. The van der Waals surface area contributed by atoms with Gasteiger partial charge in [-0.2, -0.15) is 0 Å². The number of H-pyrrole nitrogens is 2. The molecule has 10 heavy (non-hydrogen) atoms. The average molecular weight is 158 g/mol. The fraction of sp³-hybridized carbons (Fsp3) is 0.200. The van der Waals surface area contributed by atoms with Crippen molar-refractivity contribution in [2.24, 2.45) is 0 Å². The van der Waals surface area contributed by atoms with Crippen molar-refractivity contribution in [2.45, 2.75) is 6.92 Å². The van der Waals surface area contributed by atoms with Gasteiger partial charge in [-0.25, -0.2) is 4.21 Å². The van der Waals surface area contributed by atoms with Crippen LogP contribution in [0, 0.1) is 11.7 Å². The van der Waals surface area contributed by atoms with E-state index in [1.807, 2.05) is 0 Å². The molecular weight excluding hydrogens is 152 g/mol. The molecule has 0 fully saturated rings. The third-order valence-corrected chi connectivity index (χ3v) is 1.35. The van der Waals surface area contributed by atoms with E-state index in [2.05, 4.69) is 9.97 Å². The van der Waals surface area contributed by atoms with Gasteiger partial charge in [-0.15, -0.1) is 0 Å². The highest BCUT2D eigenvalue weighted by molar-refractivity contribution is 7.56. The molecule has 0 saturated carbocycles. The van der Waals surface area contributed by atoms with Crippen molar-refractivity contribution in [3.63, 3.8) is 0 Å². The Morgan fingerprint density at radius 2 is 2.20 bits per heavy atom. The van der Waals surface area contributed by atoms with Crippen molar-refractivity contribution in [3.8, 4) is 0 Å². The molecule has 2 N–H and O–H groups in total. The summed E-state index contributed by atoms with van der Waals surface area (Å²) >= 11 is 0.236. The second kappa shape index (κ2) is 2.66. The van der Waals surface area contributed by atoms with Gasteiger partial charge in [-0.05, 0) is 6.92 Å². The molecule has 54 valence electrons. The second-order valence-corrected chi connectivity index (χ2v) is 2.43. The number of hydrogen-bond donors (Lipinski definition) is 2. The summed E-state index contributed by atoms with van der Waals surface area (Å²) < 4.78 is 10.4. The van der Waals surface area contributed by atoms with Crippen LogP contribution >= 0.6 is 0 Å². The molecule has 1 heterocycles. The number of aromatic amines is 2. The quantitative estimate of drug-likeness (QED) is 0.511. The van der Waals surface area contributed by atoms with E-state index in [1.165, 1.54) is 6.07 Å². The molecule has 0 atom stereocenters. The second-order valence-electron chi connectivity index (χ2n) is 1.85. The average Bonchev–Trinajstić information content (AvgIpc) is 1.85. The minimum Gasteiger partial charge on any atom is -0.334 e. The van der Waals surface area contributed by atoms with E-state index in [-0.39, 0.29) is 21.6 Å². The highest BCUT2D eigenvalue weighted by atomic mass is 32.1. The van der Waals surface area contributed by atoms with Crippen LogP contribution in [0.4, 0.5) is 0 Å². The Morgan fingerprint density at radius 3 is 2.70 bits per heavy atom. The first kappa shape index (κ1) is 7.01. The zero-order valence-corrected chi connectivity index (χ0v) is 6.12. The Morgan fingerprint density at radius 1 is 1.50 bits per heavy atom. The van der Waals surface area contributed by atoms with E-state index in [1.54, 1.807) is 6.92 Å². The van der Waals surface area contributed by atoms with Crippen LogP contribution in [-0.4, -0.2) is 14.2 Å². The molecule has 1 aromatic rings. The number of rotatable bonds is 0. The fourth-order valence-electron chi connectivity index (χ4n) is 0.633. The van der Waals surface area contributed by atoms with Crippen molar-refractivity contribution >= 4 is 11.3 Å². The van der Waals surface area contributed by atoms with Crippen LogP contribution < -0.4 is 5.56 Å². The normalized spacial score (nSPS) is 9.30. The van der Waals surface area contributed by atoms with E-state index in [0.29, 0.717) is 5.69 Å². The topological polar surface area (TPSA) is 65.7 Å². The van der Waals surface area contributed by atoms with Crippen LogP contribution in [0.25, 0.3) is 0 Å². The molecule has 0 aromatic carbocycles. The largest absolute Gasteiger partial charge is 0.334 e. The maximum absolute atomic E-state index is 10.6. The van der Waals surface area contributed by atoms with E-state index in [9.17, 15) is 9.00 Å². The molecule has 0 bridgehead atoms. The highest BCUT2D eigenvalue weighted by Gasteiger charge is 1.85. The number of hydrogen-bond acceptors (Lipinski definition) is 2. The summed E-state index contributed by atoms with van der Waals surface area (Å²) in [6.07, 6.45) is 0. The van der Waals surface area contributed by atoms with Gasteiger partial charge in [-0.1, -0.05) is 0 Å². The third kappa shape index (κ3) is 1.44. The molecule has 0 radical (unpaired) electrons. The third-order valence-electron chi connectivity index (χ3n) is 0.978. The molecule has 1 aromatic heterocycles. The van der Waals surface area contributed by atoms with E-state index < -0.39 is 0 Å². The molecule has 0 aliphatic carbocycles. The van der Waals surface area contributed by atoms with Gasteiger partial charge in [0.1, 0.15) is 11.3 Å². The monoisotopic (exact) mass is 158 g/mol. The highest BCUT2D eigenvalue weighted by Crippen LogP contribution is 1.79. The lowest BCUT2D eigenvalue weighted by Gasteiger charge is -1.87. The van der Waals surface area contributed by atoms with Gasteiger partial charge in [0, 0.05) is 11.8 Å². The summed E-state index contributed by atoms with van der Waals surface area (Å²) in [5.41, 5.74) is 0.428. The van der Waals surface area contributed by atoms with Crippen molar-refractivity contribution in [1.82, 2.24) is 9.97 Å². The molecule has 0 saturated heterocycles. The summed E-state index contributed by atoms with van der Waals surface area (Å²) in [4.78, 5) is 15.7. The van der Waals surface area contributed by atoms with Gasteiger partial charge in [0.25, 0.3) is 5.56 Å². The van der Waals surface area contributed by atoms with Gasteiger partial charge < -0.3 is 4.98 Å². The van der Waals surface area contributed by atoms with Crippen LogP contribution in [-0.2, 0) is 11.3 Å². The predicted molar refractivity (Wildman–Crippen MR) is 37.5 cm³/mol. The molecule has 4 nitrogen and oxygen atoms in total. The Kier molecular flexibility index (Phi) is 1.86. The standard InChI is InChI=1S/C5H6N2O2S/c1-3-2-4(8)7-5(6-3)10-9/h2,6H,1H3,(H,7,8). The Labute approximate surface area is 60.0 Å². The summed E-state index contributed by atoms with van der Waals surface area (Å²) in [7, 11) is 0. The maximum atomic E-state index is 10.6. The molecule has 0 aliphatic heterocycles. The fourth-order valence-corrected chi connectivity index (χ4v) is 0.978. The molecule has 0 aliphatic rings. The van der Waals surface area contributed by atoms with Crippen LogP contribution in [0.2, 0.25) is 0 Å². The SMILES string of the molecule is Cc1cc(=O)[nH]c(=S=O)[nH]1. The lowest BCUT2D eigenvalue weighted by Crippen LogP contribution is -2.06. The van der Waals surface area contributed by atoms with E-state index in [0.717, 1.165) is 0 Å². The minimum absolute atomic E-state index is 0.236. The summed E-state index contributed by atoms with van der Waals surface area (Å²) in [6.45, 7) is 1.72. The van der Waals surface area contributed by atoms with Gasteiger partial charge in [-0.3, -0.25) is 9.78 Å². The lowest BCUT2D eigenvalue weighted by molar-refractivity contribution is 0.698. The van der Waals surface area contributed by atoms with Crippen LogP contribution in [0.15, 0.2) is 10.9 Å². The molecular formula is C5H6N2O2S. The Balaban J connectivity index is 3.64. The van der Waals surface area contributed by atoms with Crippen molar-refractivity contribution in [2.75, 3.05) is 0 Å². The molecule has 5 heteroatoms. The predicted octanol–water partition coefficient (Wildman–Crippen LogP) is -0.244. The first-order valence-corrected chi connectivity index (χ1v) is 3.39. The van der Waals surface area contributed by atoms with Crippen molar-refractivity contribution < 1.29 is 4.21 Å². The van der Waals surface area contributed by atoms with Crippen LogP contribution in [0.5, 0.6) is 0 Å². The lowest BCUT2D eigenvalue weighted by atomic mass is 10.5. The number of aryl methyl sites for hydroxylation is 1. The minimum atomic E-state index is -0.255. The first-order valence-electron chi connectivity index (χ1n) is 2.65. The van der Waals surface area contributed by atoms with Crippen molar-refractivity contribution in [3.05, 3.63) is 26.9 Å². The Bertz CT molecular complexity index is 372. The van der Waals surface area contributed by atoms with Crippen LogP contribution in [0.1, 0.15) is 5.69 Å². The first-order chi connectivity index (χ1) is 4.72. The van der Waals surface area contributed by atoms with Gasteiger partial charge >= 0.3 is 0 Å². The van der Waals surface area contributed by atoms with E-state index in [4.69, 9.17) is 0 Å². The molecule has 0 amide bonds. The van der Waals surface area contributed by atoms with Gasteiger partial charge in [0.05, 0.1) is 0 Å². The van der Waals surface area contributed by atoms with Crippen LogP contribution in [0.3, 0.4) is 0 Å². The summed E-state index contributed by atoms with van der Waals surface area (Å²) in [6, 6.07) is 1.39. The number of aromatic nitrogens is 2. The number of nitrogens with one attached hydrogen (secondary N) is 2. The van der Waals surface area contributed by atoms with Crippen molar-refractivity contribution in [1.29, 1.82) is 0 Å². The Hall–Kier alpha value is -1.10.